The van der Waals surface area contributed by atoms with Crippen LogP contribution in [0.1, 0.15) is 39.5 Å². The third-order valence-corrected chi connectivity index (χ3v) is 3.74. The fraction of sp³-hybridized carbons (Fsp3) is 0.917. The van der Waals surface area contributed by atoms with Crippen LogP contribution in [0.15, 0.2) is 0 Å². The van der Waals surface area contributed by atoms with Crippen LogP contribution < -0.4 is 0 Å². The van der Waals surface area contributed by atoms with Gasteiger partial charge in [0.2, 0.25) is 5.92 Å². The summed E-state index contributed by atoms with van der Waals surface area (Å²) in [6, 6.07) is 0. The van der Waals surface area contributed by atoms with Crippen molar-refractivity contribution in [2.75, 3.05) is 6.61 Å². The summed E-state index contributed by atoms with van der Waals surface area (Å²) in [7, 11) is 0. The number of ether oxygens (including phenoxy) is 1. The van der Waals surface area contributed by atoms with Gasteiger partial charge in [0.1, 0.15) is 5.60 Å². The average molecular weight is 232 g/mol. The molecule has 2 fully saturated rings. The quantitative estimate of drug-likeness (QED) is 0.697. The molecule has 2 nitrogen and oxygen atoms in total. The SMILES string of the molecule is C[C@@H](C[C@@H]1CCC(F)(F)C1)C(=O)[C@@]1(C)CO1. The van der Waals surface area contributed by atoms with Crippen LogP contribution in [0.5, 0.6) is 0 Å². The standard InChI is InChI=1S/C12H18F2O2/c1-8(10(15)11(2)7-16-11)5-9-3-4-12(13,14)6-9/h8-9H,3-7H2,1-2H3/t8-,9-,11+/m0/s1. The van der Waals surface area contributed by atoms with Crippen molar-refractivity contribution in [3.05, 3.63) is 0 Å². The number of carbonyl (C=O) groups excluding carboxylic acids is 1. The van der Waals surface area contributed by atoms with E-state index >= 15 is 0 Å². The normalized spacial score (nSPS) is 38.4. The number of Topliss-reactive ketones (excluding diaryl/α,β-unsaturated/α-hetero) is 1. The summed E-state index contributed by atoms with van der Waals surface area (Å²) in [6.07, 6.45) is 1.05. The minimum absolute atomic E-state index is 0.00343. The fourth-order valence-electron chi connectivity index (χ4n) is 2.62. The second-order valence-electron chi connectivity index (χ2n) is 5.49. The van der Waals surface area contributed by atoms with Gasteiger partial charge in [-0.1, -0.05) is 6.92 Å². The molecule has 16 heavy (non-hydrogen) atoms. The van der Waals surface area contributed by atoms with Crippen LogP contribution in [0.2, 0.25) is 0 Å². The number of ketones is 1. The van der Waals surface area contributed by atoms with Gasteiger partial charge in [-0.25, -0.2) is 8.78 Å². The topological polar surface area (TPSA) is 29.6 Å². The van der Waals surface area contributed by atoms with Crippen LogP contribution in [0.4, 0.5) is 8.78 Å². The van der Waals surface area contributed by atoms with Crippen molar-refractivity contribution in [3.63, 3.8) is 0 Å². The highest BCUT2D eigenvalue weighted by Gasteiger charge is 2.49. The van der Waals surface area contributed by atoms with Crippen LogP contribution in [0.25, 0.3) is 0 Å². The summed E-state index contributed by atoms with van der Waals surface area (Å²) < 4.78 is 31.1. The molecule has 0 aromatic rings. The molecule has 1 aliphatic carbocycles. The Morgan fingerprint density at radius 2 is 2.19 bits per heavy atom. The molecule has 3 atom stereocenters. The Bertz CT molecular complexity index is 297. The molecule has 1 saturated carbocycles. The number of hydrogen-bond donors (Lipinski definition) is 0. The van der Waals surface area contributed by atoms with E-state index in [0.717, 1.165) is 0 Å². The largest absolute Gasteiger partial charge is 0.362 e. The molecule has 0 aromatic carbocycles. The van der Waals surface area contributed by atoms with Crippen LogP contribution >= 0.6 is 0 Å². The highest BCUT2D eigenvalue weighted by molar-refractivity contribution is 5.91. The lowest BCUT2D eigenvalue weighted by atomic mass is 9.87. The Morgan fingerprint density at radius 1 is 1.56 bits per heavy atom. The maximum atomic E-state index is 13.0. The smallest absolute Gasteiger partial charge is 0.248 e. The number of carbonyl (C=O) groups is 1. The van der Waals surface area contributed by atoms with Gasteiger partial charge in [-0.15, -0.1) is 0 Å². The Balaban J connectivity index is 1.84. The Hall–Kier alpha value is -0.510. The van der Waals surface area contributed by atoms with Gasteiger partial charge in [-0.3, -0.25) is 4.79 Å². The third kappa shape index (κ3) is 2.42. The van der Waals surface area contributed by atoms with E-state index in [0.29, 0.717) is 19.4 Å². The van der Waals surface area contributed by atoms with Gasteiger partial charge in [0.15, 0.2) is 5.78 Å². The fourth-order valence-corrected chi connectivity index (χ4v) is 2.62. The van der Waals surface area contributed by atoms with Crippen LogP contribution in [-0.4, -0.2) is 23.9 Å². The van der Waals surface area contributed by atoms with E-state index in [-0.39, 0.29) is 30.5 Å². The zero-order valence-corrected chi connectivity index (χ0v) is 9.76. The molecule has 2 rings (SSSR count). The third-order valence-electron chi connectivity index (χ3n) is 3.74. The van der Waals surface area contributed by atoms with Crippen molar-refractivity contribution in [1.29, 1.82) is 0 Å². The first-order valence-corrected chi connectivity index (χ1v) is 5.88. The number of hydrogen-bond acceptors (Lipinski definition) is 2. The second-order valence-corrected chi connectivity index (χ2v) is 5.49. The minimum Gasteiger partial charge on any atom is -0.362 e. The van der Waals surface area contributed by atoms with Crippen molar-refractivity contribution in [2.45, 2.75) is 51.1 Å². The molecule has 1 saturated heterocycles. The van der Waals surface area contributed by atoms with Crippen molar-refractivity contribution < 1.29 is 18.3 Å². The lowest BCUT2D eigenvalue weighted by Gasteiger charge is -2.17. The van der Waals surface area contributed by atoms with E-state index in [1.807, 2.05) is 6.92 Å². The number of epoxide rings is 1. The summed E-state index contributed by atoms with van der Waals surface area (Å²) in [5.41, 5.74) is -0.611. The highest BCUT2D eigenvalue weighted by atomic mass is 19.3. The summed E-state index contributed by atoms with van der Waals surface area (Å²) in [5.74, 6) is -2.60. The van der Waals surface area contributed by atoms with Gasteiger partial charge >= 0.3 is 0 Å². The lowest BCUT2D eigenvalue weighted by Crippen LogP contribution is -2.28. The van der Waals surface area contributed by atoms with Crippen LogP contribution in [0.3, 0.4) is 0 Å². The molecule has 1 aliphatic heterocycles. The van der Waals surface area contributed by atoms with E-state index in [1.165, 1.54) is 0 Å². The Morgan fingerprint density at radius 3 is 2.62 bits per heavy atom. The molecule has 0 bridgehead atoms. The Labute approximate surface area is 94.3 Å². The molecule has 0 radical (unpaired) electrons. The monoisotopic (exact) mass is 232 g/mol. The molecule has 0 amide bonds. The molecular weight excluding hydrogens is 214 g/mol. The average Bonchev–Trinajstić information content (AvgIpc) is 2.84. The highest BCUT2D eigenvalue weighted by Crippen LogP contribution is 2.42. The molecule has 0 spiro atoms. The number of rotatable bonds is 4. The minimum atomic E-state index is -2.51. The van der Waals surface area contributed by atoms with E-state index in [9.17, 15) is 13.6 Å². The molecule has 1 heterocycles. The van der Waals surface area contributed by atoms with Gasteiger partial charge in [0, 0.05) is 18.8 Å². The van der Waals surface area contributed by atoms with E-state index in [1.54, 1.807) is 6.92 Å². The summed E-state index contributed by atoms with van der Waals surface area (Å²) in [6.45, 7) is 4.08. The van der Waals surface area contributed by atoms with Gasteiger partial charge in [-0.05, 0) is 25.7 Å². The van der Waals surface area contributed by atoms with Gasteiger partial charge in [0.25, 0.3) is 0 Å². The summed E-state index contributed by atoms with van der Waals surface area (Å²) >= 11 is 0. The number of alkyl halides is 2. The van der Waals surface area contributed by atoms with Crippen LogP contribution in [-0.2, 0) is 9.53 Å². The first-order chi connectivity index (χ1) is 7.32. The second kappa shape index (κ2) is 3.76. The molecule has 0 N–H and O–H groups in total. The van der Waals surface area contributed by atoms with Gasteiger partial charge in [0.05, 0.1) is 6.61 Å². The Kier molecular flexibility index (Phi) is 2.81. The first-order valence-electron chi connectivity index (χ1n) is 5.88. The van der Waals surface area contributed by atoms with E-state index < -0.39 is 11.5 Å². The lowest BCUT2D eigenvalue weighted by molar-refractivity contribution is -0.127. The van der Waals surface area contributed by atoms with Crippen LogP contribution in [0, 0.1) is 11.8 Å². The van der Waals surface area contributed by atoms with Crippen molar-refractivity contribution in [2.24, 2.45) is 11.8 Å². The molecule has 2 aliphatic rings. The first kappa shape index (κ1) is 12.0. The maximum Gasteiger partial charge on any atom is 0.248 e. The summed E-state index contributed by atoms with van der Waals surface area (Å²) in [5, 5.41) is 0. The zero-order chi connectivity index (χ0) is 12.0. The maximum absolute atomic E-state index is 13.0. The van der Waals surface area contributed by atoms with Crippen molar-refractivity contribution in [3.8, 4) is 0 Å². The van der Waals surface area contributed by atoms with Crippen molar-refractivity contribution >= 4 is 5.78 Å². The predicted octanol–water partition coefficient (Wildman–Crippen LogP) is 2.81. The molecule has 92 valence electrons. The van der Waals surface area contributed by atoms with Gasteiger partial charge < -0.3 is 4.74 Å². The predicted molar refractivity (Wildman–Crippen MR) is 55.4 cm³/mol. The van der Waals surface area contributed by atoms with Gasteiger partial charge in [-0.2, -0.15) is 0 Å². The zero-order valence-electron chi connectivity index (χ0n) is 9.76. The molecular formula is C12H18F2O2. The molecule has 4 heteroatoms. The van der Waals surface area contributed by atoms with Crippen molar-refractivity contribution in [1.82, 2.24) is 0 Å². The van der Waals surface area contributed by atoms with E-state index in [2.05, 4.69) is 0 Å². The molecule has 0 aromatic heterocycles. The summed E-state index contributed by atoms with van der Waals surface area (Å²) in [4.78, 5) is 11.9. The van der Waals surface area contributed by atoms with E-state index in [4.69, 9.17) is 4.74 Å². The molecule has 0 unspecified atom stereocenters. The number of halogens is 2.